The summed E-state index contributed by atoms with van der Waals surface area (Å²) >= 11 is 2.31. The van der Waals surface area contributed by atoms with Gasteiger partial charge in [0.1, 0.15) is 0 Å². The van der Waals surface area contributed by atoms with Gasteiger partial charge in [0, 0.05) is 21.2 Å². The van der Waals surface area contributed by atoms with Gasteiger partial charge in [0.2, 0.25) is 0 Å². The van der Waals surface area contributed by atoms with Crippen LogP contribution in [0.4, 0.5) is 0 Å². The molecular formula is C7H5IN2. The third-order valence-electron chi connectivity index (χ3n) is 1.48. The zero-order valence-electron chi connectivity index (χ0n) is 5.21. The second-order valence-corrected chi connectivity index (χ2v) is 3.42. The quantitative estimate of drug-likeness (QED) is 0.601. The largest absolute Gasteiger partial charge is 0.279 e. The molecule has 0 aromatic carbocycles. The van der Waals surface area contributed by atoms with Gasteiger partial charge in [-0.15, -0.1) is 0 Å². The first kappa shape index (κ1) is 6.27. The second kappa shape index (κ2) is 2.30. The van der Waals surface area contributed by atoms with Crippen LogP contribution in [-0.4, -0.2) is 11.5 Å². The van der Waals surface area contributed by atoms with Crippen molar-refractivity contribution in [3.05, 3.63) is 29.0 Å². The molecule has 10 heavy (non-hydrogen) atoms. The van der Waals surface area contributed by atoms with Gasteiger partial charge in [-0.05, 0) is 28.7 Å². The van der Waals surface area contributed by atoms with Gasteiger partial charge >= 0.3 is 0 Å². The van der Waals surface area contributed by atoms with E-state index in [2.05, 4.69) is 32.6 Å². The topological polar surface area (TPSA) is 25.2 Å². The second-order valence-electron chi connectivity index (χ2n) is 2.11. The number of aromatic nitrogens is 1. The monoisotopic (exact) mass is 244 g/mol. The van der Waals surface area contributed by atoms with Gasteiger partial charge in [-0.25, -0.2) is 0 Å². The summed E-state index contributed by atoms with van der Waals surface area (Å²) in [6.45, 7) is 0.835. The third kappa shape index (κ3) is 0.847. The van der Waals surface area contributed by atoms with Gasteiger partial charge in [0.25, 0.3) is 0 Å². The molecule has 1 aromatic rings. The molecule has 0 bridgehead atoms. The normalized spacial score (nSPS) is 14.7. The van der Waals surface area contributed by atoms with Crippen LogP contribution in [0.1, 0.15) is 0 Å². The number of fused-ring (bicyclic) bond motifs is 1. The van der Waals surface area contributed by atoms with Crippen LogP contribution >= 0.6 is 22.6 Å². The Morgan fingerprint density at radius 1 is 1.50 bits per heavy atom. The first-order valence-electron chi connectivity index (χ1n) is 3.01. The average Bonchev–Trinajstić information content (AvgIpc) is 2.34. The highest BCUT2D eigenvalue weighted by atomic mass is 127. The van der Waals surface area contributed by atoms with Gasteiger partial charge in [0.15, 0.2) is 0 Å². The van der Waals surface area contributed by atoms with E-state index in [1.165, 1.54) is 8.80 Å². The van der Waals surface area contributed by atoms with Crippen molar-refractivity contribution in [2.45, 2.75) is 0 Å². The van der Waals surface area contributed by atoms with Crippen LogP contribution in [0.25, 0.3) is 3.58 Å². The number of rotatable bonds is 0. The molecule has 2 nitrogen and oxygen atoms in total. The molecule has 2 rings (SSSR count). The summed E-state index contributed by atoms with van der Waals surface area (Å²) in [7, 11) is 0. The van der Waals surface area contributed by atoms with Gasteiger partial charge < -0.3 is 0 Å². The van der Waals surface area contributed by atoms with Crippen molar-refractivity contribution in [1.82, 2.24) is 4.98 Å². The van der Waals surface area contributed by atoms with E-state index in [9.17, 15) is 0 Å². The Morgan fingerprint density at radius 3 is 3.20 bits per heavy atom. The fraction of sp³-hybridized carbons (Fsp3) is 0.143. The lowest BCUT2D eigenvalue weighted by atomic mass is 10.4. The molecule has 3 heteroatoms. The molecule has 1 aliphatic heterocycles. The predicted octanol–water partition coefficient (Wildman–Crippen LogP) is 0.258. The van der Waals surface area contributed by atoms with E-state index in [1.54, 1.807) is 6.20 Å². The Labute approximate surface area is 71.8 Å². The van der Waals surface area contributed by atoms with E-state index in [1.807, 2.05) is 12.3 Å². The summed E-state index contributed by atoms with van der Waals surface area (Å²) in [4.78, 5) is 8.32. The Kier molecular flexibility index (Phi) is 1.44. The van der Waals surface area contributed by atoms with E-state index in [0.717, 1.165) is 11.9 Å². The molecule has 1 aliphatic rings. The molecule has 0 atom stereocenters. The van der Waals surface area contributed by atoms with Crippen LogP contribution in [0.15, 0.2) is 23.5 Å². The van der Waals surface area contributed by atoms with E-state index in [0.29, 0.717) is 0 Å². The predicted molar refractivity (Wildman–Crippen MR) is 47.3 cm³/mol. The van der Waals surface area contributed by atoms with Crippen molar-refractivity contribution in [2.24, 2.45) is 4.99 Å². The molecule has 0 spiro atoms. The minimum absolute atomic E-state index is 0.835. The van der Waals surface area contributed by atoms with Crippen molar-refractivity contribution < 1.29 is 0 Å². The lowest BCUT2D eigenvalue weighted by Gasteiger charge is -1.81. The molecule has 0 unspecified atom stereocenters. The average molecular weight is 244 g/mol. The van der Waals surface area contributed by atoms with Crippen molar-refractivity contribution in [1.29, 1.82) is 0 Å². The maximum absolute atomic E-state index is 4.30. The molecule has 0 saturated heterocycles. The smallest absolute Gasteiger partial charge is 0.0711 e. The molecule has 0 radical (unpaired) electrons. The number of nitrogens with zero attached hydrogens (tertiary/aromatic N) is 2. The summed E-state index contributed by atoms with van der Waals surface area (Å²) in [6.07, 6.45) is 3.64. The molecule has 0 fully saturated rings. The number of hydrogen-bond acceptors (Lipinski definition) is 2. The highest BCUT2D eigenvalue weighted by molar-refractivity contribution is 14.1. The minimum Gasteiger partial charge on any atom is -0.279 e. The van der Waals surface area contributed by atoms with Gasteiger partial charge in [-0.3, -0.25) is 9.98 Å². The Hall–Kier alpha value is -0.450. The Morgan fingerprint density at radius 2 is 2.40 bits per heavy atom. The lowest BCUT2D eigenvalue weighted by molar-refractivity contribution is 1.19. The van der Waals surface area contributed by atoms with Crippen LogP contribution in [-0.2, 0) is 0 Å². The molecule has 0 saturated carbocycles. The summed E-state index contributed by atoms with van der Waals surface area (Å²) < 4.78 is 1.29. The minimum atomic E-state index is 0.835. The van der Waals surface area contributed by atoms with Gasteiger partial charge in [-0.1, -0.05) is 0 Å². The van der Waals surface area contributed by atoms with Gasteiger partial charge in [-0.2, -0.15) is 0 Å². The molecule has 2 heterocycles. The standard InChI is InChI=1S/C7H5IN2/c8-6-4-10-7-1-2-9-3-5(6)7/h1-3H,4H2. The summed E-state index contributed by atoms with van der Waals surface area (Å²) in [6, 6.07) is 1.95. The highest BCUT2D eigenvalue weighted by Crippen LogP contribution is 2.05. The molecule has 0 N–H and O–H groups in total. The molecule has 1 aromatic heterocycles. The van der Waals surface area contributed by atoms with Crippen LogP contribution in [0.3, 0.4) is 0 Å². The van der Waals surface area contributed by atoms with Crippen LogP contribution in [0.2, 0.25) is 0 Å². The van der Waals surface area contributed by atoms with E-state index < -0.39 is 0 Å². The number of pyridine rings is 1. The van der Waals surface area contributed by atoms with Gasteiger partial charge in [0.05, 0.1) is 11.9 Å². The molecule has 0 aliphatic carbocycles. The van der Waals surface area contributed by atoms with Crippen molar-refractivity contribution in [3.8, 4) is 0 Å². The lowest BCUT2D eigenvalue weighted by Crippen LogP contribution is -2.21. The number of hydrogen-bond donors (Lipinski definition) is 0. The van der Waals surface area contributed by atoms with E-state index >= 15 is 0 Å². The highest BCUT2D eigenvalue weighted by Gasteiger charge is 2.00. The van der Waals surface area contributed by atoms with Crippen LogP contribution in [0, 0.1) is 0 Å². The maximum atomic E-state index is 4.30. The maximum Gasteiger partial charge on any atom is 0.0711 e. The van der Waals surface area contributed by atoms with Crippen molar-refractivity contribution >= 4 is 26.2 Å². The van der Waals surface area contributed by atoms with E-state index in [-0.39, 0.29) is 0 Å². The summed E-state index contributed by atoms with van der Waals surface area (Å²) in [5, 5.41) is 2.28. The summed E-state index contributed by atoms with van der Waals surface area (Å²) in [5.41, 5.74) is 0. The SMILES string of the molecule is IC1=c2cnccc2=NC1. The third-order valence-corrected chi connectivity index (χ3v) is 2.40. The van der Waals surface area contributed by atoms with Crippen molar-refractivity contribution in [3.63, 3.8) is 0 Å². The first-order valence-corrected chi connectivity index (χ1v) is 4.09. The van der Waals surface area contributed by atoms with Crippen molar-refractivity contribution in [2.75, 3.05) is 6.54 Å². The molecular weight excluding hydrogens is 239 g/mol. The molecule has 50 valence electrons. The number of halogens is 1. The van der Waals surface area contributed by atoms with Crippen LogP contribution < -0.4 is 10.6 Å². The Bertz CT molecular complexity index is 369. The molecule has 0 amide bonds. The zero-order valence-corrected chi connectivity index (χ0v) is 7.37. The fourth-order valence-electron chi connectivity index (χ4n) is 0.974. The fourth-order valence-corrected chi connectivity index (χ4v) is 1.56. The first-order chi connectivity index (χ1) is 4.88. The Balaban J connectivity index is 2.96. The van der Waals surface area contributed by atoms with Crippen LogP contribution in [0.5, 0.6) is 0 Å². The summed E-state index contributed by atoms with van der Waals surface area (Å²) in [5.74, 6) is 0. The zero-order chi connectivity index (χ0) is 6.97. The van der Waals surface area contributed by atoms with E-state index in [4.69, 9.17) is 0 Å².